The van der Waals surface area contributed by atoms with Gasteiger partial charge in [0, 0.05) is 5.56 Å². The Morgan fingerprint density at radius 1 is 0.882 bits per heavy atom. The second kappa shape index (κ2) is 9.47. The van der Waals surface area contributed by atoms with Gasteiger partial charge in [0.1, 0.15) is 4.90 Å². The maximum Gasteiger partial charge on any atom is 0.437 e. The van der Waals surface area contributed by atoms with Crippen LogP contribution in [0.1, 0.15) is 48.4 Å². The molecule has 0 bridgehead atoms. The molecule has 2 rings (SSSR count). The highest BCUT2D eigenvalue weighted by molar-refractivity contribution is 7.86. The first-order chi connectivity index (χ1) is 15.4. The summed E-state index contributed by atoms with van der Waals surface area (Å²) in [5, 5.41) is 2.53. The third kappa shape index (κ3) is 6.64. The molecule has 0 saturated carbocycles. The Hall–Kier alpha value is -2.77. The van der Waals surface area contributed by atoms with E-state index in [4.69, 9.17) is 0 Å². The standard InChI is InChI=1S/C20H16F9NO3S/c1-3-11(2)12-4-6-13(7-5-12)17(20(27,28)29)30-33-34(31,32)16-9-14(18(21,22)23)8-15(10-16)19(24,25)26/h4-11H,3H2,1-2H3/b30-17+. The number of alkyl halides is 9. The third-order valence-corrected chi connectivity index (χ3v) is 5.79. The van der Waals surface area contributed by atoms with Gasteiger partial charge in [-0.3, -0.25) is 4.28 Å². The minimum absolute atomic E-state index is 0.000640. The van der Waals surface area contributed by atoms with E-state index in [2.05, 4.69) is 9.44 Å². The SMILES string of the molecule is CCC(C)c1ccc(/C(=N\OS(=O)(=O)c2cc(C(F)(F)F)cc(C(F)(F)F)c2)C(F)(F)F)cc1. The number of benzene rings is 2. The van der Waals surface area contributed by atoms with Gasteiger partial charge in [0.15, 0.2) is 5.71 Å². The molecule has 34 heavy (non-hydrogen) atoms. The molecule has 0 aliphatic heterocycles. The molecular weight excluding hydrogens is 505 g/mol. The van der Waals surface area contributed by atoms with Gasteiger partial charge in [-0.2, -0.15) is 47.9 Å². The van der Waals surface area contributed by atoms with Gasteiger partial charge >= 0.3 is 28.6 Å². The quantitative estimate of drug-likeness (QED) is 0.236. The molecule has 0 aliphatic rings. The van der Waals surface area contributed by atoms with Gasteiger partial charge in [-0.15, -0.1) is 0 Å². The van der Waals surface area contributed by atoms with Crippen LogP contribution in [0.4, 0.5) is 39.5 Å². The van der Waals surface area contributed by atoms with Crippen molar-refractivity contribution in [3.63, 3.8) is 0 Å². The first-order valence-corrected chi connectivity index (χ1v) is 10.8. The summed E-state index contributed by atoms with van der Waals surface area (Å²) in [6.45, 7) is 3.66. The highest BCUT2D eigenvalue weighted by Gasteiger charge is 2.40. The lowest BCUT2D eigenvalue weighted by Crippen LogP contribution is -2.25. The molecule has 188 valence electrons. The predicted molar refractivity (Wildman–Crippen MR) is 102 cm³/mol. The van der Waals surface area contributed by atoms with Crippen molar-refractivity contribution in [1.29, 1.82) is 0 Å². The van der Waals surface area contributed by atoms with E-state index in [1.807, 2.05) is 13.8 Å². The Morgan fingerprint density at radius 3 is 1.74 bits per heavy atom. The zero-order valence-corrected chi connectivity index (χ0v) is 18.1. The average Bonchev–Trinajstić information content (AvgIpc) is 2.71. The molecule has 0 spiro atoms. The molecular formula is C20H16F9NO3S. The Kier molecular flexibility index (Phi) is 7.65. The van der Waals surface area contributed by atoms with Gasteiger partial charge in [-0.05, 0) is 36.1 Å². The van der Waals surface area contributed by atoms with Crippen LogP contribution in [-0.2, 0) is 26.8 Å². The maximum atomic E-state index is 13.4. The number of nitrogens with zero attached hydrogens (tertiary/aromatic N) is 1. The van der Waals surface area contributed by atoms with Crippen LogP contribution >= 0.6 is 0 Å². The Bertz CT molecular complexity index is 1120. The molecule has 1 unspecified atom stereocenters. The van der Waals surface area contributed by atoms with Crippen molar-refractivity contribution in [2.75, 3.05) is 0 Å². The summed E-state index contributed by atoms with van der Waals surface area (Å²) in [5.41, 5.74) is -5.80. The summed E-state index contributed by atoms with van der Waals surface area (Å²) in [4.78, 5) is -1.67. The highest BCUT2D eigenvalue weighted by atomic mass is 32.2. The van der Waals surface area contributed by atoms with Crippen LogP contribution in [0.15, 0.2) is 52.5 Å². The molecule has 0 aliphatic carbocycles. The molecule has 1 atom stereocenters. The van der Waals surface area contributed by atoms with Crippen molar-refractivity contribution < 1.29 is 52.2 Å². The van der Waals surface area contributed by atoms with Crippen molar-refractivity contribution in [3.05, 3.63) is 64.7 Å². The van der Waals surface area contributed by atoms with Gasteiger partial charge < -0.3 is 0 Å². The van der Waals surface area contributed by atoms with Crippen LogP contribution in [0.5, 0.6) is 0 Å². The second-order valence-corrected chi connectivity index (χ2v) is 8.67. The Balaban J connectivity index is 2.53. The molecule has 0 radical (unpaired) electrons. The van der Waals surface area contributed by atoms with Crippen LogP contribution in [0, 0.1) is 0 Å². The van der Waals surface area contributed by atoms with Gasteiger partial charge in [-0.1, -0.05) is 43.3 Å². The molecule has 0 fully saturated rings. The maximum absolute atomic E-state index is 13.4. The van der Waals surface area contributed by atoms with Crippen molar-refractivity contribution in [2.24, 2.45) is 5.16 Å². The molecule has 0 saturated heterocycles. The van der Waals surface area contributed by atoms with Crippen LogP contribution in [-0.4, -0.2) is 20.3 Å². The van der Waals surface area contributed by atoms with Gasteiger partial charge in [0.25, 0.3) is 0 Å². The molecule has 2 aromatic carbocycles. The van der Waals surface area contributed by atoms with E-state index < -0.39 is 55.9 Å². The van der Waals surface area contributed by atoms with E-state index in [0.29, 0.717) is 12.0 Å². The largest absolute Gasteiger partial charge is 0.437 e. The normalized spacial score (nSPS) is 14.7. The molecule has 0 amide bonds. The van der Waals surface area contributed by atoms with Gasteiger partial charge in [0.05, 0.1) is 11.1 Å². The van der Waals surface area contributed by atoms with E-state index >= 15 is 0 Å². The zero-order chi connectivity index (χ0) is 26.1. The lowest BCUT2D eigenvalue weighted by molar-refractivity contribution is -0.143. The minimum Gasteiger partial charge on any atom is -0.264 e. The molecule has 0 N–H and O–H groups in total. The van der Waals surface area contributed by atoms with Crippen LogP contribution in [0.3, 0.4) is 0 Å². The fraction of sp³-hybridized carbons (Fsp3) is 0.350. The predicted octanol–water partition coefficient (Wildman–Crippen LogP) is 6.91. The highest BCUT2D eigenvalue weighted by Crippen LogP contribution is 2.37. The summed E-state index contributed by atoms with van der Waals surface area (Å²) in [6.07, 6.45) is -15.4. The first kappa shape index (κ1) is 27.5. The van der Waals surface area contributed by atoms with Crippen LogP contribution in [0.2, 0.25) is 0 Å². The fourth-order valence-corrected chi connectivity index (χ4v) is 3.47. The lowest BCUT2D eigenvalue weighted by atomic mass is 9.97. The second-order valence-electron chi connectivity index (χ2n) is 7.14. The summed E-state index contributed by atoms with van der Waals surface area (Å²) in [6, 6.07) is 3.89. The Labute approximate surface area is 188 Å². The van der Waals surface area contributed by atoms with Crippen LogP contribution < -0.4 is 0 Å². The summed E-state index contributed by atoms with van der Waals surface area (Å²) in [7, 11) is -5.60. The molecule has 0 heterocycles. The Morgan fingerprint density at radius 2 is 1.35 bits per heavy atom. The number of hydrogen-bond donors (Lipinski definition) is 0. The van der Waals surface area contributed by atoms with E-state index in [-0.39, 0.29) is 24.1 Å². The summed E-state index contributed by atoms with van der Waals surface area (Å²) in [5.74, 6) is 0.000640. The van der Waals surface area contributed by atoms with Gasteiger partial charge in [0.2, 0.25) is 0 Å². The molecule has 14 heteroatoms. The average molecular weight is 521 g/mol. The van der Waals surface area contributed by atoms with Gasteiger partial charge in [-0.25, -0.2) is 0 Å². The van der Waals surface area contributed by atoms with Crippen molar-refractivity contribution in [1.82, 2.24) is 0 Å². The minimum atomic E-state index is -5.60. The van der Waals surface area contributed by atoms with E-state index in [1.54, 1.807) is 0 Å². The third-order valence-electron chi connectivity index (χ3n) is 4.71. The lowest BCUT2D eigenvalue weighted by Gasteiger charge is -2.14. The monoisotopic (exact) mass is 521 g/mol. The number of oxime groups is 1. The summed E-state index contributed by atoms with van der Waals surface area (Å²) < 4.78 is 146. The first-order valence-electron chi connectivity index (χ1n) is 9.35. The van der Waals surface area contributed by atoms with Crippen molar-refractivity contribution in [2.45, 2.75) is 49.6 Å². The molecule has 4 nitrogen and oxygen atoms in total. The number of rotatable bonds is 6. The van der Waals surface area contributed by atoms with E-state index in [1.165, 1.54) is 12.1 Å². The van der Waals surface area contributed by atoms with E-state index in [9.17, 15) is 47.9 Å². The number of halogens is 9. The zero-order valence-electron chi connectivity index (χ0n) is 17.3. The van der Waals surface area contributed by atoms with Crippen LogP contribution in [0.25, 0.3) is 0 Å². The smallest absolute Gasteiger partial charge is 0.264 e. The topological polar surface area (TPSA) is 55.7 Å². The number of hydrogen-bond acceptors (Lipinski definition) is 4. The fourth-order valence-electron chi connectivity index (χ4n) is 2.67. The summed E-state index contributed by atoms with van der Waals surface area (Å²) >= 11 is 0. The van der Waals surface area contributed by atoms with E-state index in [0.717, 1.165) is 12.1 Å². The van der Waals surface area contributed by atoms with Crippen molar-refractivity contribution >= 4 is 15.8 Å². The molecule has 0 aromatic heterocycles. The van der Waals surface area contributed by atoms with Crippen molar-refractivity contribution in [3.8, 4) is 0 Å². The molecule has 2 aromatic rings.